The predicted molar refractivity (Wildman–Crippen MR) is 73.3 cm³/mol. The van der Waals surface area contributed by atoms with Crippen LogP contribution in [0.1, 0.15) is 18.4 Å². The van der Waals surface area contributed by atoms with Gasteiger partial charge in [0.1, 0.15) is 5.75 Å². The number of carbonyl (C=O) groups excluding carboxylic acids is 1. The lowest BCUT2D eigenvalue weighted by atomic mass is 9.97. The number of nitrogens with one attached hydrogen (secondary N) is 1. The highest BCUT2D eigenvalue weighted by atomic mass is 16.5. The number of nitrogens with zero attached hydrogens (tertiary/aromatic N) is 1. The molecule has 2 heterocycles. The summed E-state index contributed by atoms with van der Waals surface area (Å²) in [5, 5.41) is 3.03. The molecule has 2 aliphatic rings. The van der Waals surface area contributed by atoms with Crippen molar-refractivity contribution in [3.8, 4) is 5.75 Å². The lowest BCUT2D eigenvalue weighted by Crippen LogP contribution is -2.42. The van der Waals surface area contributed by atoms with Gasteiger partial charge in [0, 0.05) is 25.6 Å². The van der Waals surface area contributed by atoms with Crippen molar-refractivity contribution in [1.82, 2.24) is 10.2 Å². The van der Waals surface area contributed by atoms with E-state index in [-0.39, 0.29) is 6.03 Å². The number of fused-ring (bicyclic) bond motifs is 1. The monoisotopic (exact) mass is 260 g/mol. The van der Waals surface area contributed by atoms with E-state index in [1.807, 2.05) is 23.1 Å². The summed E-state index contributed by atoms with van der Waals surface area (Å²) in [6, 6.07) is 8.22. The Morgan fingerprint density at radius 1 is 1.32 bits per heavy atom. The number of para-hydroxylation sites is 1. The van der Waals surface area contributed by atoms with Crippen molar-refractivity contribution >= 4 is 6.03 Å². The second-order valence-corrected chi connectivity index (χ2v) is 5.37. The Balaban J connectivity index is 1.50. The Morgan fingerprint density at radius 2 is 2.11 bits per heavy atom. The average molecular weight is 260 g/mol. The third kappa shape index (κ3) is 2.83. The van der Waals surface area contributed by atoms with Gasteiger partial charge in [0.05, 0.1) is 6.61 Å². The molecule has 2 aliphatic heterocycles. The summed E-state index contributed by atoms with van der Waals surface area (Å²) in [6.07, 6.45) is 3.25. The van der Waals surface area contributed by atoms with Gasteiger partial charge in [0.25, 0.3) is 0 Å². The molecule has 1 aromatic carbocycles. The van der Waals surface area contributed by atoms with Crippen LogP contribution in [0.2, 0.25) is 0 Å². The second kappa shape index (κ2) is 5.51. The fourth-order valence-corrected chi connectivity index (χ4v) is 2.79. The molecule has 2 amide bonds. The first-order valence-corrected chi connectivity index (χ1v) is 7.06. The van der Waals surface area contributed by atoms with Gasteiger partial charge in [-0.25, -0.2) is 4.79 Å². The number of hydrogen-bond donors (Lipinski definition) is 1. The van der Waals surface area contributed by atoms with E-state index in [1.54, 1.807) is 0 Å². The Bertz CT molecular complexity index is 455. The molecule has 0 aliphatic carbocycles. The number of urea groups is 1. The molecule has 0 bridgehead atoms. The van der Waals surface area contributed by atoms with E-state index in [1.165, 1.54) is 5.56 Å². The summed E-state index contributed by atoms with van der Waals surface area (Å²) in [4.78, 5) is 13.8. The molecular weight excluding hydrogens is 240 g/mol. The number of likely N-dealkylation sites (tertiary alicyclic amines) is 1. The number of carbonyl (C=O) groups is 1. The summed E-state index contributed by atoms with van der Waals surface area (Å²) in [6.45, 7) is 3.19. The van der Waals surface area contributed by atoms with Crippen molar-refractivity contribution < 1.29 is 9.53 Å². The molecule has 1 fully saturated rings. The lowest BCUT2D eigenvalue weighted by molar-refractivity contribution is 0.194. The first kappa shape index (κ1) is 12.3. The number of amides is 2. The summed E-state index contributed by atoms with van der Waals surface area (Å²) >= 11 is 0. The molecule has 1 N–H and O–H groups in total. The minimum atomic E-state index is 0.0800. The largest absolute Gasteiger partial charge is 0.493 e. The van der Waals surface area contributed by atoms with Gasteiger partial charge < -0.3 is 15.0 Å². The summed E-state index contributed by atoms with van der Waals surface area (Å²) in [5.74, 6) is 1.37. The summed E-state index contributed by atoms with van der Waals surface area (Å²) in [7, 11) is 0. The van der Waals surface area contributed by atoms with Crippen molar-refractivity contribution in [1.29, 1.82) is 0 Å². The molecule has 1 atom stereocenters. The van der Waals surface area contributed by atoms with E-state index in [4.69, 9.17) is 4.74 Å². The van der Waals surface area contributed by atoms with Gasteiger partial charge in [-0.2, -0.15) is 0 Å². The van der Waals surface area contributed by atoms with Gasteiger partial charge in [-0.3, -0.25) is 0 Å². The zero-order valence-corrected chi connectivity index (χ0v) is 11.1. The van der Waals surface area contributed by atoms with E-state index in [0.717, 1.165) is 38.1 Å². The van der Waals surface area contributed by atoms with Crippen molar-refractivity contribution in [3.63, 3.8) is 0 Å². The Morgan fingerprint density at radius 3 is 2.95 bits per heavy atom. The van der Waals surface area contributed by atoms with Gasteiger partial charge in [0.15, 0.2) is 0 Å². The van der Waals surface area contributed by atoms with Crippen LogP contribution in [-0.4, -0.2) is 37.2 Å². The normalized spacial score (nSPS) is 21.7. The molecule has 102 valence electrons. The van der Waals surface area contributed by atoms with Crippen LogP contribution in [0.25, 0.3) is 0 Å². The Hall–Kier alpha value is -1.71. The van der Waals surface area contributed by atoms with Crippen LogP contribution in [0, 0.1) is 5.92 Å². The SMILES string of the molecule is O=C(NCC1COc2ccccc2C1)N1CCCC1. The van der Waals surface area contributed by atoms with Crippen LogP contribution in [-0.2, 0) is 6.42 Å². The highest BCUT2D eigenvalue weighted by Crippen LogP contribution is 2.26. The van der Waals surface area contributed by atoms with Gasteiger partial charge in [0.2, 0.25) is 0 Å². The third-order valence-electron chi connectivity index (χ3n) is 3.89. The Labute approximate surface area is 113 Å². The van der Waals surface area contributed by atoms with E-state index >= 15 is 0 Å². The van der Waals surface area contributed by atoms with Crippen molar-refractivity contribution in [2.45, 2.75) is 19.3 Å². The smallest absolute Gasteiger partial charge is 0.317 e. The molecule has 0 spiro atoms. The molecule has 1 saturated heterocycles. The van der Waals surface area contributed by atoms with Crippen LogP contribution in [0.3, 0.4) is 0 Å². The average Bonchev–Trinajstić information content (AvgIpc) is 2.99. The molecule has 0 aromatic heterocycles. The molecule has 1 unspecified atom stereocenters. The van der Waals surface area contributed by atoms with Gasteiger partial charge >= 0.3 is 6.03 Å². The van der Waals surface area contributed by atoms with Crippen LogP contribution < -0.4 is 10.1 Å². The molecule has 19 heavy (non-hydrogen) atoms. The van der Waals surface area contributed by atoms with E-state index < -0.39 is 0 Å². The maximum absolute atomic E-state index is 11.9. The van der Waals surface area contributed by atoms with Crippen LogP contribution in [0.15, 0.2) is 24.3 Å². The maximum atomic E-state index is 11.9. The molecule has 0 saturated carbocycles. The number of hydrogen-bond acceptors (Lipinski definition) is 2. The summed E-state index contributed by atoms with van der Waals surface area (Å²) in [5.41, 5.74) is 1.24. The highest BCUT2D eigenvalue weighted by Gasteiger charge is 2.22. The Kier molecular flexibility index (Phi) is 3.58. The fourth-order valence-electron chi connectivity index (χ4n) is 2.79. The van der Waals surface area contributed by atoms with Crippen LogP contribution in [0.5, 0.6) is 5.75 Å². The standard InChI is InChI=1S/C15H20N2O2/c18-15(17-7-3-4-8-17)16-10-12-9-13-5-1-2-6-14(13)19-11-12/h1-2,5-6,12H,3-4,7-11H2,(H,16,18). The second-order valence-electron chi connectivity index (χ2n) is 5.37. The van der Waals surface area contributed by atoms with Crippen molar-refractivity contribution in [2.24, 2.45) is 5.92 Å². The highest BCUT2D eigenvalue weighted by molar-refractivity contribution is 5.74. The zero-order valence-electron chi connectivity index (χ0n) is 11.1. The maximum Gasteiger partial charge on any atom is 0.317 e. The quantitative estimate of drug-likeness (QED) is 0.884. The van der Waals surface area contributed by atoms with Crippen molar-refractivity contribution in [3.05, 3.63) is 29.8 Å². The van der Waals surface area contributed by atoms with E-state index in [2.05, 4.69) is 11.4 Å². The molecule has 1 aromatic rings. The number of benzene rings is 1. The van der Waals surface area contributed by atoms with Gasteiger partial charge in [-0.05, 0) is 30.9 Å². The fraction of sp³-hybridized carbons (Fsp3) is 0.533. The van der Waals surface area contributed by atoms with Crippen LogP contribution in [0.4, 0.5) is 4.79 Å². The van der Waals surface area contributed by atoms with Gasteiger partial charge in [-0.15, -0.1) is 0 Å². The summed E-state index contributed by atoms with van der Waals surface area (Å²) < 4.78 is 5.73. The topological polar surface area (TPSA) is 41.6 Å². The minimum absolute atomic E-state index is 0.0800. The third-order valence-corrected chi connectivity index (χ3v) is 3.89. The molecule has 4 nitrogen and oxygen atoms in total. The minimum Gasteiger partial charge on any atom is -0.493 e. The molecule has 3 rings (SSSR count). The number of ether oxygens (including phenoxy) is 1. The molecule has 0 radical (unpaired) electrons. The zero-order chi connectivity index (χ0) is 13.1. The first-order chi connectivity index (χ1) is 9.33. The predicted octanol–water partition coefficient (Wildman–Crippen LogP) is 2.04. The number of rotatable bonds is 2. The van der Waals surface area contributed by atoms with E-state index in [9.17, 15) is 4.79 Å². The van der Waals surface area contributed by atoms with Crippen molar-refractivity contribution in [2.75, 3.05) is 26.2 Å². The molecular formula is C15H20N2O2. The van der Waals surface area contributed by atoms with E-state index in [0.29, 0.717) is 19.1 Å². The molecule has 4 heteroatoms. The lowest BCUT2D eigenvalue weighted by Gasteiger charge is -2.26. The van der Waals surface area contributed by atoms with Crippen LogP contribution >= 0.6 is 0 Å². The van der Waals surface area contributed by atoms with Gasteiger partial charge in [-0.1, -0.05) is 18.2 Å². The first-order valence-electron chi connectivity index (χ1n) is 7.06.